The Morgan fingerprint density at radius 2 is 2.18 bits per heavy atom. The summed E-state index contributed by atoms with van der Waals surface area (Å²) >= 11 is 0. The van der Waals surface area contributed by atoms with E-state index in [-0.39, 0.29) is 0 Å². The molecule has 1 saturated heterocycles. The van der Waals surface area contributed by atoms with Crippen molar-refractivity contribution in [2.24, 2.45) is 5.73 Å². The normalized spacial score (nSPS) is 21.4. The number of nitrogens with zero attached hydrogens (tertiary/aromatic N) is 2. The zero-order valence-electron chi connectivity index (χ0n) is 10.9. The van der Waals surface area contributed by atoms with E-state index in [9.17, 15) is 0 Å². The molecule has 1 aliphatic rings. The highest BCUT2D eigenvalue weighted by Gasteiger charge is 2.18. The smallest absolute Gasteiger partial charge is 0.129 e. The average molecular weight is 233 g/mol. The van der Waals surface area contributed by atoms with Crippen molar-refractivity contribution in [2.45, 2.75) is 52.1 Å². The molecule has 0 bridgehead atoms. The lowest BCUT2D eigenvalue weighted by Crippen LogP contribution is -2.33. The molecule has 0 spiro atoms. The van der Waals surface area contributed by atoms with Crippen LogP contribution in [0.4, 0.5) is 5.82 Å². The van der Waals surface area contributed by atoms with Crippen LogP contribution in [0.2, 0.25) is 0 Å². The Kier molecular flexibility index (Phi) is 4.00. The first-order valence-electron chi connectivity index (χ1n) is 6.65. The summed E-state index contributed by atoms with van der Waals surface area (Å²) in [4.78, 5) is 7.11. The minimum absolute atomic E-state index is 0.595. The first-order valence-corrected chi connectivity index (χ1v) is 6.65. The maximum absolute atomic E-state index is 5.74. The molecule has 0 aromatic carbocycles. The minimum atomic E-state index is 0.595. The van der Waals surface area contributed by atoms with Crippen LogP contribution in [-0.2, 0) is 6.54 Å². The molecule has 1 aliphatic heterocycles. The van der Waals surface area contributed by atoms with Crippen molar-refractivity contribution in [3.05, 3.63) is 23.4 Å². The molecule has 2 N–H and O–H groups in total. The molecule has 2 heterocycles. The number of pyridine rings is 1. The van der Waals surface area contributed by atoms with Crippen molar-refractivity contribution >= 4 is 5.82 Å². The first kappa shape index (κ1) is 12.4. The third-order valence-electron chi connectivity index (χ3n) is 3.58. The maximum atomic E-state index is 5.74. The van der Waals surface area contributed by atoms with Crippen LogP contribution in [0.3, 0.4) is 0 Å². The molecule has 94 valence electrons. The van der Waals surface area contributed by atoms with Crippen molar-refractivity contribution in [1.29, 1.82) is 0 Å². The lowest BCUT2D eigenvalue weighted by Gasteiger charge is -2.29. The summed E-state index contributed by atoms with van der Waals surface area (Å²) in [6.45, 7) is 6.07. The lowest BCUT2D eigenvalue weighted by molar-refractivity contribution is 0.610. The number of aryl methyl sites for hydroxylation is 1. The predicted molar refractivity (Wildman–Crippen MR) is 72.1 cm³/mol. The van der Waals surface area contributed by atoms with E-state index in [2.05, 4.69) is 28.9 Å². The van der Waals surface area contributed by atoms with Crippen molar-refractivity contribution in [3.63, 3.8) is 0 Å². The molecule has 1 unspecified atom stereocenters. The molecule has 3 nitrogen and oxygen atoms in total. The van der Waals surface area contributed by atoms with E-state index in [1.165, 1.54) is 31.2 Å². The highest BCUT2D eigenvalue weighted by molar-refractivity contribution is 5.43. The molecular weight excluding hydrogens is 210 g/mol. The topological polar surface area (TPSA) is 42.1 Å². The van der Waals surface area contributed by atoms with Crippen LogP contribution >= 0.6 is 0 Å². The summed E-state index contributed by atoms with van der Waals surface area (Å²) in [6.07, 6.45) is 5.23. The molecule has 1 aromatic heterocycles. The highest BCUT2D eigenvalue weighted by Crippen LogP contribution is 2.23. The Balaban J connectivity index is 2.27. The van der Waals surface area contributed by atoms with E-state index < -0.39 is 0 Å². The van der Waals surface area contributed by atoms with Crippen molar-refractivity contribution in [3.8, 4) is 0 Å². The first-order chi connectivity index (χ1) is 8.20. The van der Waals surface area contributed by atoms with Gasteiger partial charge in [0.25, 0.3) is 0 Å². The maximum Gasteiger partial charge on any atom is 0.129 e. The second-order valence-electron chi connectivity index (χ2n) is 5.07. The Labute approximate surface area is 104 Å². The van der Waals surface area contributed by atoms with Gasteiger partial charge in [-0.1, -0.05) is 12.8 Å². The van der Waals surface area contributed by atoms with Crippen molar-refractivity contribution in [1.82, 2.24) is 4.98 Å². The number of rotatable bonds is 2. The molecule has 2 rings (SSSR count). The standard InChI is InChI=1S/C14H23N3/c1-11-8-13(10-15)9-14(16-11)17-7-5-3-4-6-12(17)2/h8-9,12H,3-7,10,15H2,1-2H3. The predicted octanol–water partition coefficient (Wildman–Crippen LogP) is 2.62. The zero-order valence-corrected chi connectivity index (χ0v) is 10.9. The Morgan fingerprint density at radius 1 is 1.35 bits per heavy atom. The number of hydrogen-bond donors (Lipinski definition) is 1. The van der Waals surface area contributed by atoms with Gasteiger partial charge >= 0.3 is 0 Å². The van der Waals surface area contributed by atoms with Gasteiger partial charge < -0.3 is 10.6 Å². The largest absolute Gasteiger partial charge is 0.354 e. The van der Waals surface area contributed by atoms with Gasteiger partial charge in [0.05, 0.1) is 0 Å². The van der Waals surface area contributed by atoms with Crippen LogP contribution in [0, 0.1) is 6.92 Å². The van der Waals surface area contributed by atoms with Gasteiger partial charge in [0.15, 0.2) is 0 Å². The van der Waals surface area contributed by atoms with Gasteiger partial charge in [-0.15, -0.1) is 0 Å². The summed E-state index contributed by atoms with van der Waals surface area (Å²) in [6, 6.07) is 4.82. The van der Waals surface area contributed by atoms with E-state index in [0.29, 0.717) is 12.6 Å². The van der Waals surface area contributed by atoms with E-state index in [1.807, 2.05) is 6.92 Å². The summed E-state index contributed by atoms with van der Waals surface area (Å²) in [5.74, 6) is 1.11. The van der Waals surface area contributed by atoms with E-state index in [4.69, 9.17) is 5.73 Å². The van der Waals surface area contributed by atoms with Crippen LogP contribution in [0.5, 0.6) is 0 Å². The molecule has 0 radical (unpaired) electrons. The Morgan fingerprint density at radius 3 is 2.94 bits per heavy atom. The van der Waals surface area contributed by atoms with Gasteiger partial charge in [0, 0.05) is 24.8 Å². The molecule has 1 atom stereocenters. The number of aromatic nitrogens is 1. The summed E-state index contributed by atoms with van der Waals surface area (Å²) < 4.78 is 0. The molecular formula is C14H23N3. The van der Waals surface area contributed by atoms with Gasteiger partial charge in [0.1, 0.15) is 5.82 Å². The quantitative estimate of drug-likeness (QED) is 0.854. The van der Waals surface area contributed by atoms with E-state index >= 15 is 0 Å². The fourth-order valence-corrected chi connectivity index (χ4v) is 2.60. The third-order valence-corrected chi connectivity index (χ3v) is 3.58. The summed E-state index contributed by atoms with van der Waals surface area (Å²) in [5, 5.41) is 0. The Hall–Kier alpha value is -1.09. The number of anilines is 1. The van der Waals surface area contributed by atoms with Crippen molar-refractivity contribution < 1.29 is 0 Å². The number of hydrogen-bond acceptors (Lipinski definition) is 3. The zero-order chi connectivity index (χ0) is 12.3. The summed E-state index contributed by atoms with van der Waals surface area (Å²) in [7, 11) is 0. The second kappa shape index (κ2) is 5.50. The van der Waals surface area contributed by atoms with Crippen LogP contribution in [0.25, 0.3) is 0 Å². The van der Waals surface area contributed by atoms with Gasteiger partial charge in [0.2, 0.25) is 0 Å². The highest BCUT2D eigenvalue weighted by atomic mass is 15.2. The van der Waals surface area contributed by atoms with Gasteiger partial charge in [-0.2, -0.15) is 0 Å². The second-order valence-corrected chi connectivity index (χ2v) is 5.07. The van der Waals surface area contributed by atoms with Crippen LogP contribution < -0.4 is 10.6 Å². The van der Waals surface area contributed by atoms with Gasteiger partial charge in [-0.05, 0) is 44.4 Å². The van der Waals surface area contributed by atoms with Crippen LogP contribution in [0.1, 0.15) is 43.9 Å². The molecule has 0 saturated carbocycles. The lowest BCUT2D eigenvalue weighted by atomic mass is 10.1. The fraction of sp³-hybridized carbons (Fsp3) is 0.643. The molecule has 0 amide bonds. The minimum Gasteiger partial charge on any atom is -0.354 e. The molecule has 0 aliphatic carbocycles. The number of nitrogens with two attached hydrogens (primary N) is 1. The fourth-order valence-electron chi connectivity index (χ4n) is 2.60. The molecule has 1 fully saturated rings. The molecule has 17 heavy (non-hydrogen) atoms. The van der Waals surface area contributed by atoms with Gasteiger partial charge in [-0.3, -0.25) is 0 Å². The SMILES string of the molecule is Cc1cc(CN)cc(N2CCCCCC2C)n1. The average Bonchev–Trinajstić information content (AvgIpc) is 2.53. The molecule has 1 aromatic rings. The monoisotopic (exact) mass is 233 g/mol. The summed E-state index contributed by atoms with van der Waals surface area (Å²) in [5.41, 5.74) is 7.99. The van der Waals surface area contributed by atoms with Crippen molar-refractivity contribution in [2.75, 3.05) is 11.4 Å². The third kappa shape index (κ3) is 2.97. The van der Waals surface area contributed by atoms with Gasteiger partial charge in [-0.25, -0.2) is 4.98 Å². The van der Waals surface area contributed by atoms with E-state index in [0.717, 1.165) is 18.1 Å². The van der Waals surface area contributed by atoms with E-state index in [1.54, 1.807) is 0 Å². The van der Waals surface area contributed by atoms with Crippen LogP contribution in [-0.4, -0.2) is 17.6 Å². The molecule has 3 heteroatoms. The van der Waals surface area contributed by atoms with Crippen LogP contribution in [0.15, 0.2) is 12.1 Å². The Bertz CT molecular complexity index is 376.